The van der Waals surface area contributed by atoms with Crippen LogP contribution in [0, 0.1) is 0 Å². The van der Waals surface area contributed by atoms with Gasteiger partial charge in [-0.1, -0.05) is 11.6 Å². The first kappa shape index (κ1) is 6.69. The SMILES string of the molecule is CC1C(Cl)=CC=CN1C. The van der Waals surface area contributed by atoms with E-state index in [-0.39, 0.29) is 0 Å². The lowest BCUT2D eigenvalue weighted by Crippen LogP contribution is -2.25. The van der Waals surface area contributed by atoms with Gasteiger partial charge in [-0.05, 0) is 25.3 Å². The van der Waals surface area contributed by atoms with Crippen LogP contribution in [-0.2, 0) is 0 Å². The Labute approximate surface area is 60.6 Å². The van der Waals surface area contributed by atoms with E-state index in [1.807, 2.05) is 25.4 Å². The molecule has 1 rings (SSSR count). The van der Waals surface area contributed by atoms with Crippen molar-refractivity contribution in [3.05, 3.63) is 23.4 Å². The number of hydrogen-bond acceptors (Lipinski definition) is 1. The topological polar surface area (TPSA) is 3.24 Å². The van der Waals surface area contributed by atoms with E-state index in [0.717, 1.165) is 5.03 Å². The summed E-state index contributed by atoms with van der Waals surface area (Å²) < 4.78 is 0. The highest BCUT2D eigenvalue weighted by Crippen LogP contribution is 2.16. The maximum atomic E-state index is 5.83. The van der Waals surface area contributed by atoms with Crippen molar-refractivity contribution in [1.29, 1.82) is 0 Å². The molecule has 1 heterocycles. The molecule has 0 N–H and O–H groups in total. The predicted octanol–water partition coefficient (Wildman–Crippen LogP) is 1.96. The molecule has 0 aromatic carbocycles. The van der Waals surface area contributed by atoms with E-state index in [1.165, 1.54) is 0 Å². The van der Waals surface area contributed by atoms with Gasteiger partial charge in [-0.2, -0.15) is 0 Å². The number of hydrogen-bond donors (Lipinski definition) is 0. The largest absolute Gasteiger partial charge is 0.373 e. The molecule has 0 amide bonds. The minimum atomic E-state index is 0.344. The third-order valence-corrected chi connectivity index (χ3v) is 2.03. The lowest BCUT2D eigenvalue weighted by atomic mass is 10.2. The van der Waals surface area contributed by atoms with E-state index < -0.39 is 0 Å². The smallest absolute Gasteiger partial charge is 0.0611 e. The molecule has 1 atom stereocenters. The molecule has 2 heteroatoms. The molecule has 0 saturated carbocycles. The highest BCUT2D eigenvalue weighted by Gasteiger charge is 2.10. The van der Waals surface area contributed by atoms with E-state index in [2.05, 4.69) is 11.8 Å². The van der Waals surface area contributed by atoms with Crippen molar-refractivity contribution in [2.45, 2.75) is 13.0 Å². The van der Waals surface area contributed by atoms with Gasteiger partial charge in [0, 0.05) is 12.1 Å². The molecule has 1 unspecified atom stereocenters. The first-order valence-corrected chi connectivity index (χ1v) is 3.35. The summed E-state index contributed by atoms with van der Waals surface area (Å²) in [5, 5.41) is 0.903. The van der Waals surface area contributed by atoms with Crippen molar-refractivity contribution in [3.63, 3.8) is 0 Å². The van der Waals surface area contributed by atoms with Crippen LogP contribution in [0.2, 0.25) is 0 Å². The first-order valence-electron chi connectivity index (χ1n) is 2.97. The Morgan fingerprint density at radius 2 is 2.33 bits per heavy atom. The molecule has 0 fully saturated rings. The Balaban J connectivity index is 2.73. The van der Waals surface area contributed by atoms with E-state index >= 15 is 0 Å². The number of likely N-dealkylation sites (N-methyl/N-ethyl adjacent to an activating group) is 1. The molecular weight excluding hydrogens is 134 g/mol. The highest BCUT2D eigenvalue weighted by atomic mass is 35.5. The van der Waals surface area contributed by atoms with Crippen LogP contribution >= 0.6 is 11.6 Å². The second-order valence-corrected chi connectivity index (χ2v) is 2.67. The summed E-state index contributed by atoms with van der Waals surface area (Å²) in [6.45, 7) is 2.07. The van der Waals surface area contributed by atoms with E-state index in [1.54, 1.807) is 0 Å². The number of halogens is 1. The standard InChI is InChI=1S/C7H10ClN/c1-6-7(8)4-3-5-9(6)2/h3-6H,1-2H3. The minimum Gasteiger partial charge on any atom is -0.373 e. The molecule has 50 valence electrons. The maximum Gasteiger partial charge on any atom is 0.0611 e. The number of rotatable bonds is 0. The quantitative estimate of drug-likeness (QED) is 0.501. The molecule has 1 aliphatic heterocycles. The zero-order valence-corrected chi connectivity index (χ0v) is 6.39. The van der Waals surface area contributed by atoms with Crippen LogP contribution in [0.15, 0.2) is 23.4 Å². The molecule has 0 saturated heterocycles. The third-order valence-electron chi connectivity index (χ3n) is 1.59. The monoisotopic (exact) mass is 143 g/mol. The van der Waals surface area contributed by atoms with Gasteiger partial charge in [0.2, 0.25) is 0 Å². The summed E-state index contributed by atoms with van der Waals surface area (Å²) >= 11 is 5.83. The molecule has 1 nitrogen and oxygen atoms in total. The Morgan fingerprint density at radius 1 is 1.67 bits per heavy atom. The molecule has 0 aliphatic carbocycles. The van der Waals surface area contributed by atoms with Crippen molar-refractivity contribution in [2.75, 3.05) is 7.05 Å². The molecule has 0 radical (unpaired) electrons. The van der Waals surface area contributed by atoms with Gasteiger partial charge >= 0.3 is 0 Å². The molecule has 9 heavy (non-hydrogen) atoms. The molecule has 1 aliphatic rings. The van der Waals surface area contributed by atoms with Crippen molar-refractivity contribution < 1.29 is 0 Å². The molecule has 0 aromatic heterocycles. The summed E-state index contributed by atoms with van der Waals surface area (Å²) in [5.41, 5.74) is 0. The summed E-state index contributed by atoms with van der Waals surface area (Å²) in [6, 6.07) is 0.344. The summed E-state index contributed by atoms with van der Waals surface area (Å²) in [4.78, 5) is 2.07. The third kappa shape index (κ3) is 1.28. The van der Waals surface area contributed by atoms with Gasteiger partial charge in [0.15, 0.2) is 0 Å². The molecule has 0 spiro atoms. The fourth-order valence-corrected chi connectivity index (χ4v) is 0.960. The normalized spacial score (nSPS) is 26.3. The van der Waals surface area contributed by atoms with Crippen LogP contribution < -0.4 is 0 Å². The number of nitrogens with zero attached hydrogens (tertiary/aromatic N) is 1. The maximum absolute atomic E-state index is 5.83. The minimum absolute atomic E-state index is 0.344. The molecule has 0 bridgehead atoms. The second-order valence-electron chi connectivity index (χ2n) is 2.23. The molecular formula is C7H10ClN. The highest BCUT2D eigenvalue weighted by molar-refractivity contribution is 6.30. The van der Waals surface area contributed by atoms with E-state index in [0.29, 0.717) is 6.04 Å². The van der Waals surface area contributed by atoms with Gasteiger partial charge < -0.3 is 4.90 Å². The van der Waals surface area contributed by atoms with Crippen LogP contribution in [0.5, 0.6) is 0 Å². The summed E-state index contributed by atoms with van der Waals surface area (Å²) in [5.74, 6) is 0. The van der Waals surface area contributed by atoms with Crippen LogP contribution in [0.25, 0.3) is 0 Å². The average molecular weight is 144 g/mol. The summed E-state index contributed by atoms with van der Waals surface area (Å²) in [7, 11) is 2.01. The lowest BCUT2D eigenvalue weighted by molar-refractivity contribution is 0.397. The van der Waals surface area contributed by atoms with Crippen LogP contribution in [0.4, 0.5) is 0 Å². The predicted molar refractivity (Wildman–Crippen MR) is 40.3 cm³/mol. The molecule has 0 aromatic rings. The van der Waals surface area contributed by atoms with Crippen LogP contribution in [0.1, 0.15) is 6.92 Å². The van der Waals surface area contributed by atoms with Gasteiger partial charge in [-0.3, -0.25) is 0 Å². The van der Waals surface area contributed by atoms with Gasteiger partial charge in [0.25, 0.3) is 0 Å². The van der Waals surface area contributed by atoms with Gasteiger partial charge in [0.05, 0.1) is 6.04 Å². The van der Waals surface area contributed by atoms with Gasteiger partial charge in [-0.25, -0.2) is 0 Å². The fourth-order valence-electron chi connectivity index (χ4n) is 0.734. The first-order chi connectivity index (χ1) is 4.22. The van der Waals surface area contributed by atoms with Gasteiger partial charge in [-0.15, -0.1) is 0 Å². The van der Waals surface area contributed by atoms with Crippen molar-refractivity contribution in [3.8, 4) is 0 Å². The second kappa shape index (κ2) is 2.44. The Bertz CT molecular complexity index is 160. The zero-order chi connectivity index (χ0) is 6.85. The van der Waals surface area contributed by atoms with Crippen LogP contribution in [0.3, 0.4) is 0 Å². The Hall–Kier alpha value is -0.430. The van der Waals surface area contributed by atoms with Crippen molar-refractivity contribution in [1.82, 2.24) is 4.90 Å². The van der Waals surface area contributed by atoms with E-state index in [9.17, 15) is 0 Å². The Morgan fingerprint density at radius 3 is 2.78 bits per heavy atom. The van der Waals surface area contributed by atoms with E-state index in [4.69, 9.17) is 11.6 Å². The van der Waals surface area contributed by atoms with Crippen molar-refractivity contribution in [2.24, 2.45) is 0 Å². The Kier molecular flexibility index (Phi) is 1.81. The lowest BCUT2D eigenvalue weighted by Gasteiger charge is -2.24. The van der Waals surface area contributed by atoms with Crippen LogP contribution in [-0.4, -0.2) is 18.0 Å². The average Bonchev–Trinajstić information content (AvgIpc) is 1.83. The summed E-state index contributed by atoms with van der Waals surface area (Å²) in [6.07, 6.45) is 5.88. The fraction of sp³-hybridized carbons (Fsp3) is 0.429. The zero-order valence-electron chi connectivity index (χ0n) is 5.63. The number of allylic oxidation sites excluding steroid dienone is 2. The van der Waals surface area contributed by atoms with Crippen molar-refractivity contribution >= 4 is 11.6 Å². The van der Waals surface area contributed by atoms with Gasteiger partial charge in [0.1, 0.15) is 0 Å².